The third kappa shape index (κ3) is 3.00. The summed E-state index contributed by atoms with van der Waals surface area (Å²) in [4.78, 5) is 11.7. The summed E-state index contributed by atoms with van der Waals surface area (Å²) in [6.07, 6.45) is 2.05. The minimum absolute atomic E-state index is 0.0221. The maximum Gasteiger partial charge on any atom is 0.223 e. The lowest BCUT2D eigenvalue weighted by Crippen LogP contribution is -2.28. The Bertz CT molecular complexity index is 429. The van der Waals surface area contributed by atoms with Gasteiger partial charge in [0, 0.05) is 16.0 Å². The normalized spacial score (nSPS) is 16.4. The molecule has 1 aliphatic carbocycles. The van der Waals surface area contributed by atoms with Crippen molar-refractivity contribution in [2.45, 2.75) is 25.8 Å². The zero-order chi connectivity index (χ0) is 12.4. The van der Waals surface area contributed by atoms with Gasteiger partial charge in [0.15, 0.2) is 0 Å². The Morgan fingerprint density at radius 3 is 2.82 bits per heavy atom. The van der Waals surface area contributed by atoms with Crippen LogP contribution in [-0.2, 0) is 4.79 Å². The van der Waals surface area contributed by atoms with Gasteiger partial charge in [-0.25, -0.2) is 0 Å². The highest BCUT2D eigenvalue weighted by molar-refractivity contribution is 9.10. The Hall–Kier alpha value is -1.03. The molecule has 1 N–H and O–H groups in total. The lowest BCUT2D eigenvalue weighted by atomic mass is 10.1. The van der Waals surface area contributed by atoms with Gasteiger partial charge in [0.2, 0.25) is 5.91 Å². The summed E-state index contributed by atoms with van der Waals surface area (Å²) in [5, 5.41) is 3.02. The molecule has 2 rings (SSSR count). The summed E-state index contributed by atoms with van der Waals surface area (Å²) in [6.45, 7) is 1.98. The van der Waals surface area contributed by atoms with Gasteiger partial charge < -0.3 is 10.1 Å². The predicted molar refractivity (Wildman–Crippen MR) is 70.0 cm³/mol. The number of carbonyl (C=O) groups is 1. The molecule has 0 bridgehead atoms. The smallest absolute Gasteiger partial charge is 0.223 e. The van der Waals surface area contributed by atoms with E-state index in [1.54, 1.807) is 7.11 Å². The summed E-state index contributed by atoms with van der Waals surface area (Å²) >= 11 is 3.40. The van der Waals surface area contributed by atoms with E-state index >= 15 is 0 Å². The van der Waals surface area contributed by atoms with E-state index in [9.17, 15) is 4.79 Å². The number of hydrogen-bond donors (Lipinski definition) is 1. The van der Waals surface area contributed by atoms with Crippen LogP contribution in [0.3, 0.4) is 0 Å². The monoisotopic (exact) mass is 297 g/mol. The van der Waals surface area contributed by atoms with Crippen LogP contribution in [0.5, 0.6) is 5.75 Å². The van der Waals surface area contributed by atoms with Gasteiger partial charge in [-0.05, 0) is 31.9 Å². The third-order valence-corrected chi connectivity index (χ3v) is 3.46. The zero-order valence-corrected chi connectivity index (χ0v) is 11.6. The van der Waals surface area contributed by atoms with Crippen molar-refractivity contribution < 1.29 is 9.53 Å². The summed E-state index contributed by atoms with van der Waals surface area (Å²) in [5.41, 5.74) is 1.00. The number of nitrogens with one attached hydrogen (secondary N) is 1. The second-order valence-corrected chi connectivity index (χ2v) is 5.31. The molecule has 4 heteroatoms. The Kier molecular flexibility index (Phi) is 3.72. The van der Waals surface area contributed by atoms with Crippen molar-refractivity contribution >= 4 is 21.8 Å². The molecule has 0 heterocycles. The summed E-state index contributed by atoms with van der Waals surface area (Å²) in [6, 6.07) is 5.82. The fourth-order valence-electron chi connectivity index (χ4n) is 1.80. The van der Waals surface area contributed by atoms with Crippen molar-refractivity contribution in [3.05, 3.63) is 28.2 Å². The molecule has 1 aliphatic rings. The van der Waals surface area contributed by atoms with Gasteiger partial charge >= 0.3 is 0 Å². The molecular formula is C13H16BrNO2. The number of amides is 1. The third-order valence-electron chi connectivity index (χ3n) is 2.97. The first-order valence-electron chi connectivity index (χ1n) is 5.75. The van der Waals surface area contributed by atoms with Crippen molar-refractivity contribution in [1.82, 2.24) is 5.32 Å². The number of methoxy groups -OCH3 is 1. The van der Waals surface area contributed by atoms with E-state index in [-0.39, 0.29) is 17.9 Å². The van der Waals surface area contributed by atoms with Crippen molar-refractivity contribution in [1.29, 1.82) is 0 Å². The first-order valence-corrected chi connectivity index (χ1v) is 6.55. The van der Waals surface area contributed by atoms with Crippen LogP contribution in [0, 0.1) is 5.92 Å². The van der Waals surface area contributed by atoms with Gasteiger partial charge in [0.05, 0.1) is 13.2 Å². The largest absolute Gasteiger partial charge is 0.496 e. The molecule has 1 amide bonds. The highest BCUT2D eigenvalue weighted by Crippen LogP contribution is 2.32. The van der Waals surface area contributed by atoms with Crippen LogP contribution < -0.4 is 10.1 Å². The average molecular weight is 298 g/mol. The topological polar surface area (TPSA) is 38.3 Å². The highest BCUT2D eigenvalue weighted by atomic mass is 79.9. The molecule has 1 atom stereocenters. The highest BCUT2D eigenvalue weighted by Gasteiger charge is 2.30. The van der Waals surface area contributed by atoms with Crippen molar-refractivity contribution in [2.24, 2.45) is 5.92 Å². The van der Waals surface area contributed by atoms with E-state index in [1.165, 1.54) is 0 Å². The number of rotatable bonds is 4. The van der Waals surface area contributed by atoms with Gasteiger partial charge in [-0.1, -0.05) is 22.0 Å². The number of ether oxygens (including phenoxy) is 1. The van der Waals surface area contributed by atoms with Crippen LogP contribution in [0.1, 0.15) is 31.4 Å². The Labute approximate surface area is 110 Å². The molecule has 1 fully saturated rings. The quantitative estimate of drug-likeness (QED) is 0.928. The van der Waals surface area contributed by atoms with Crippen LogP contribution in [0.15, 0.2) is 22.7 Å². The maximum absolute atomic E-state index is 11.7. The molecular weight excluding hydrogens is 282 g/mol. The molecule has 1 saturated carbocycles. The van der Waals surface area contributed by atoms with Crippen LogP contribution in [0.2, 0.25) is 0 Å². The number of carbonyl (C=O) groups excluding carboxylic acids is 1. The molecule has 0 radical (unpaired) electrons. The first kappa shape index (κ1) is 12.4. The molecule has 0 aliphatic heterocycles. The molecule has 0 unspecified atom stereocenters. The van der Waals surface area contributed by atoms with Crippen molar-refractivity contribution in [2.75, 3.05) is 7.11 Å². The van der Waals surface area contributed by atoms with Gasteiger partial charge in [-0.2, -0.15) is 0 Å². The molecule has 1 aromatic rings. The summed E-state index contributed by atoms with van der Waals surface area (Å²) in [7, 11) is 1.64. The van der Waals surface area contributed by atoms with Crippen LogP contribution in [0.25, 0.3) is 0 Å². The van der Waals surface area contributed by atoms with Crippen LogP contribution in [-0.4, -0.2) is 13.0 Å². The van der Waals surface area contributed by atoms with Crippen molar-refractivity contribution in [3.8, 4) is 5.75 Å². The minimum atomic E-state index is -0.0221. The van der Waals surface area contributed by atoms with E-state index in [1.807, 2.05) is 25.1 Å². The SMILES string of the molecule is COc1cc(Br)ccc1[C@@H](C)NC(=O)C1CC1. The number of hydrogen-bond acceptors (Lipinski definition) is 2. The molecule has 0 saturated heterocycles. The van der Waals surface area contributed by atoms with E-state index in [0.717, 1.165) is 28.6 Å². The number of benzene rings is 1. The summed E-state index contributed by atoms with van der Waals surface area (Å²) in [5.74, 6) is 1.18. The first-order chi connectivity index (χ1) is 8.11. The minimum Gasteiger partial charge on any atom is -0.496 e. The molecule has 1 aromatic carbocycles. The second kappa shape index (κ2) is 5.08. The van der Waals surface area contributed by atoms with Gasteiger partial charge in [0.25, 0.3) is 0 Å². The number of halogens is 1. The fraction of sp³-hybridized carbons (Fsp3) is 0.462. The molecule has 3 nitrogen and oxygen atoms in total. The lowest BCUT2D eigenvalue weighted by Gasteiger charge is -2.17. The fourth-order valence-corrected chi connectivity index (χ4v) is 2.14. The van der Waals surface area contributed by atoms with E-state index in [0.29, 0.717) is 0 Å². The Morgan fingerprint density at radius 2 is 2.24 bits per heavy atom. The molecule has 17 heavy (non-hydrogen) atoms. The van der Waals surface area contributed by atoms with E-state index in [2.05, 4.69) is 21.2 Å². The van der Waals surface area contributed by atoms with E-state index in [4.69, 9.17) is 4.74 Å². The van der Waals surface area contributed by atoms with Gasteiger partial charge in [-0.3, -0.25) is 4.79 Å². The second-order valence-electron chi connectivity index (χ2n) is 4.39. The summed E-state index contributed by atoms with van der Waals surface area (Å²) < 4.78 is 6.29. The van der Waals surface area contributed by atoms with Gasteiger partial charge in [0.1, 0.15) is 5.75 Å². The molecule has 0 spiro atoms. The predicted octanol–water partition coefficient (Wildman–Crippen LogP) is 3.04. The maximum atomic E-state index is 11.7. The zero-order valence-electron chi connectivity index (χ0n) is 10.00. The van der Waals surface area contributed by atoms with Gasteiger partial charge in [-0.15, -0.1) is 0 Å². The van der Waals surface area contributed by atoms with Crippen molar-refractivity contribution in [3.63, 3.8) is 0 Å². The van der Waals surface area contributed by atoms with E-state index < -0.39 is 0 Å². The molecule has 0 aromatic heterocycles. The van der Waals surface area contributed by atoms with Crippen LogP contribution >= 0.6 is 15.9 Å². The average Bonchev–Trinajstić information content (AvgIpc) is 3.12. The standard InChI is InChI=1S/C13H16BrNO2/c1-8(15-13(16)9-3-4-9)11-6-5-10(14)7-12(11)17-2/h5-9H,3-4H2,1-2H3,(H,15,16)/t8-/m1/s1. The lowest BCUT2D eigenvalue weighted by molar-refractivity contribution is -0.122. The van der Waals surface area contributed by atoms with Crippen LogP contribution in [0.4, 0.5) is 0 Å². The molecule has 92 valence electrons. The Morgan fingerprint density at radius 1 is 1.53 bits per heavy atom. The Balaban J connectivity index is 2.11.